The summed E-state index contributed by atoms with van der Waals surface area (Å²) in [7, 11) is 0. The van der Waals surface area contributed by atoms with Gasteiger partial charge < -0.3 is 9.47 Å². The SMILES string of the molecule is CCOc1ccc(-c2ccc(F)c(F)c2)c(CN2CCCC3(CC2)CN(c2ccccc2)C(=O)O3)c1. The average Bonchev–Trinajstić information content (AvgIpc) is 3.08. The molecule has 0 saturated carbocycles. The van der Waals surface area contributed by atoms with E-state index >= 15 is 0 Å². The second kappa shape index (κ2) is 10.3. The molecule has 2 saturated heterocycles. The van der Waals surface area contributed by atoms with Crippen LogP contribution in [0.1, 0.15) is 31.7 Å². The van der Waals surface area contributed by atoms with Crippen molar-refractivity contribution < 1.29 is 23.0 Å². The molecule has 3 aromatic rings. The molecule has 1 atom stereocenters. The van der Waals surface area contributed by atoms with Gasteiger partial charge in [0, 0.05) is 25.2 Å². The average molecular weight is 493 g/mol. The van der Waals surface area contributed by atoms with E-state index in [0.29, 0.717) is 25.3 Å². The Morgan fingerprint density at radius 2 is 1.81 bits per heavy atom. The summed E-state index contributed by atoms with van der Waals surface area (Å²) < 4.78 is 39.3. The Labute approximate surface area is 210 Å². The van der Waals surface area contributed by atoms with Crippen molar-refractivity contribution in [3.05, 3.63) is 83.9 Å². The second-order valence-corrected chi connectivity index (χ2v) is 9.48. The highest BCUT2D eigenvalue weighted by molar-refractivity contribution is 5.90. The molecule has 0 N–H and O–H groups in total. The smallest absolute Gasteiger partial charge is 0.415 e. The molecule has 188 valence electrons. The minimum absolute atomic E-state index is 0.292. The number of halogens is 2. The lowest BCUT2D eigenvalue weighted by atomic mass is 9.94. The highest BCUT2D eigenvalue weighted by atomic mass is 19.2. The van der Waals surface area contributed by atoms with Gasteiger partial charge in [-0.25, -0.2) is 13.6 Å². The molecular formula is C29H30F2N2O3. The first-order chi connectivity index (χ1) is 17.5. The highest BCUT2D eigenvalue weighted by Crippen LogP contribution is 2.37. The van der Waals surface area contributed by atoms with Gasteiger partial charge in [-0.1, -0.05) is 30.3 Å². The van der Waals surface area contributed by atoms with Crippen LogP contribution in [-0.2, 0) is 11.3 Å². The van der Waals surface area contributed by atoms with Crippen LogP contribution >= 0.6 is 0 Å². The summed E-state index contributed by atoms with van der Waals surface area (Å²) in [5, 5.41) is 0. The summed E-state index contributed by atoms with van der Waals surface area (Å²) in [6.45, 7) is 5.25. The maximum Gasteiger partial charge on any atom is 0.415 e. The molecule has 1 spiro atoms. The monoisotopic (exact) mass is 492 g/mol. The molecule has 5 rings (SSSR count). The number of likely N-dealkylation sites (tertiary alicyclic amines) is 1. The molecule has 0 radical (unpaired) electrons. The van der Waals surface area contributed by atoms with Crippen molar-refractivity contribution in [2.24, 2.45) is 0 Å². The van der Waals surface area contributed by atoms with Crippen LogP contribution in [0.5, 0.6) is 5.75 Å². The standard InChI is InChI=1S/C29H30F2N2O3/c1-2-35-24-10-11-25(21-9-12-26(30)27(31)18-21)22(17-24)19-32-15-6-13-29(14-16-32)20-33(28(34)36-29)23-7-4-3-5-8-23/h3-5,7-12,17-18H,2,6,13-16,19-20H2,1H3. The number of ether oxygens (including phenoxy) is 2. The van der Waals surface area contributed by atoms with Gasteiger partial charge in [-0.2, -0.15) is 0 Å². The number of para-hydroxylation sites is 1. The van der Waals surface area contributed by atoms with Crippen LogP contribution in [-0.4, -0.2) is 42.8 Å². The molecule has 2 aliphatic rings. The molecule has 1 unspecified atom stereocenters. The zero-order valence-electron chi connectivity index (χ0n) is 20.4. The number of anilines is 1. The van der Waals surface area contributed by atoms with E-state index in [2.05, 4.69) is 4.90 Å². The van der Waals surface area contributed by atoms with Crippen molar-refractivity contribution in [1.82, 2.24) is 4.90 Å². The fourth-order valence-corrected chi connectivity index (χ4v) is 5.22. The Balaban J connectivity index is 1.34. The molecule has 2 heterocycles. The number of rotatable bonds is 6. The maximum absolute atomic E-state index is 14.0. The normalized spacial score (nSPS) is 20.4. The van der Waals surface area contributed by atoms with Gasteiger partial charge in [0.2, 0.25) is 0 Å². The molecule has 0 aromatic heterocycles. The minimum atomic E-state index is -0.866. The number of carbonyl (C=O) groups excluding carboxylic acids is 1. The quantitative estimate of drug-likeness (QED) is 0.399. The topological polar surface area (TPSA) is 42.0 Å². The molecule has 0 aliphatic carbocycles. The predicted octanol–water partition coefficient (Wildman–Crippen LogP) is 6.41. The Hall–Kier alpha value is -3.45. The first-order valence-corrected chi connectivity index (χ1v) is 12.5. The number of benzene rings is 3. The van der Waals surface area contributed by atoms with Crippen LogP contribution in [0.3, 0.4) is 0 Å². The molecule has 2 fully saturated rings. The van der Waals surface area contributed by atoms with Crippen molar-refractivity contribution in [3.8, 4) is 16.9 Å². The van der Waals surface area contributed by atoms with E-state index in [0.717, 1.165) is 61.0 Å². The fraction of sp³-hybridized carbons (Fsp3) is 0.345. The summed E-state index contributed by atoms with van der Waals surface area (Å²) in [5.41, 5.74) is 2.81. The molecule has 2 aliphatic heterocycles. The third-order valence-electron chi connectivity index (χ3n) is 7.04. The van der Waals surface area contributed by atoms with Gasteiger partial charge in [0.15, 0.2) is 11.6 Å². The van der Waals surface area contributed by atoms with Gasteiger partial charge in [0.1, 0.15) is 11.4 Å². The summed E-state index contributed by atoms with van der Waals surface area (Å²) in [6, 6.07) is 19.4. The Kier molecular flexibility index (Phi) is 6.92. The summed E-state index contributed by atoms with van der Waals surface area (Å²) >= 11 is 0. The molecule has 7 heteroatoms. The third kappa shape index (κ3) is 5.07. The van der Waals surface area contributed by atoms with E-state index in [1.54, 1.807) is 11.0 Å². The van der Waals surface area contributed by atoms with Gasteiger partial charge >= 0.3 is 6.09 Å². The van der Waals surface area contributed by atoms with E-state index < -0.39 is 17.2 Å². The van der Waals surface area contributed by atoms with Crippen molar-refractivity contribution in [1.29, 1.82) is 0 Å². The Bertz CT molecular complexity index is 1240. The van der Waals surface area contributed by atoms with Crippen LogP contribution in [0.15, 0.2) is 66.7 Å². The van der Waals surface area contributed by atoms with E-state index in [-0.39, 0.29) is 6.09 Å². The van der Waals surface area contributed by atoms with E-state index in [4.69, 9.17) is 9.47 Å². The maximum atomic E-state index is 14.0. The van der Waals surface area contributed by atoms with Crippen LogP contribution < -0.4 is 9.64 Å². The van der Waals surface area contributed by atoms with E-state index in [9.17, 15) is 13.6 Å². The van der Waals surface area contributed by atoms with Crippen LogP contribution in [0.2, 0.25) is 0 Å². The summed E-state index contributed by atoms with van der Waals surface area (Å²) in [4.78, 5) is 16.8. The summed E-state index contributed by atoms with van der Waals surface area (Å²) in [5.74, 6) is -0.983. The molecule has 36 heavy (non-hydrogen) atoms. The van der Waals surface area contributed by atoms with Gasteiger partial charge in [-0.15, -0.1) is 0 Å². The lowest BCUT2D eigenvalue weighted by molar-refractivity contribution is 0.0443. The zero-order valence-corrected chi connectivity index (χ0v) is 20.4. The minimum Gasteiger partial charge on any atom is -0.494 e. The molecule has 3 aromatic carbocycles. The second-order valence-electron chi connectivity index (χ2n) is 9.48. The number of amides is 1. The predicted molar refractivity (Wildman–Crippen MR) is 135 cm³/mol. The first-order valence-electron chi connectivity index (χ1n) is 12.5. The largest absolute Gasteiger partial charge is 0.494 e. The molecule has 5 nitrogen and oxygen atoms in total. The Morgan fingerprint density at radius 3 is 2.58 bits per heavy atom. The lowest BCUT2D eigenvalue weighted by Crippen LogP contribution is -2.36. The van der Waals surface area contributed by atoms with Gasteiger partial charge in [0.05, 0.1) is 13.2 Å². The number of hydrogen-bond acceptors (Lipinski definition) is 4. The van der Waals surface area contributed by atoms with E-state index in [1.807, 2.05) is 55.5 Å². The van der Waals surface area contributed by atoms with E-state index in [1.165, 1.54) is 6.07 Å². The molecule has 1 amide bonds. The van der Waals surface area contributed by atoms with Gasteiger partial charge in [-0.05, 0) is 79.4 Å². The zero-order chi connectivity index (χ0) is 25.1. The lowest BCUT2D eigenvalue weighted by Gasteiger charge is -2.26. The van der Waals surface area contributed by atoms with Crippen LogP contribution in [0.4, 0.5) is 19.3 Å². The first kappa shape index (κ1) is 24.3. The summed E-state index contributed by atoms with van der Waals surface area (Å²) in [6.07, 6.45) is 2.13. The molecular weight excluding hydrogens is 462 g/mol. The van der Waals surface area contributed by atoms with Crippen molar-refractivity contribution in [3.63, 3.8) is 0 Å². The number of carbonyl (C=O) groups is 1. The third-order valence-corrected chi connectivity index (χ3v) is 7.04. The van der Waals surface area contributed by atoms with Gasteiger partial charge in [0.25, 0.3) is 0 Å². The molecule has 0 bridgehead atoms. The van der Waals surface area contributed by atoms with Crippen molar-refractivity contribution >= 4 is 11.8 Å². The number of hydrogen-bond donors (Lipinski definition) is 0. The fourth-order valence-electron chi connectivity index (χ4n) is 5.22. The number of nitrogens with zero attached hydrogens (tertiary/aromatic N) is 2. The highest BCUT2D eigenvalue weighted by Gasteiger charge is 2.46. The van der Waals surface area contributed by atoms with Gasteiger partial charge in [-0.3, -0.25) is 9.80 Å². The Morgan fingerprint density at radius 1 is 0.972 bits per heavy atom. The van der Waals surface area contributed by atoms with Crippen LogP contribution in [0.25, 0.3) is 11.1 Å². The van der Waals surface area contributed by atoms with Crippen molar-refractivity contribution in [2.45, 2.75) is 38.3 Å². The van der Waals surface area contributed by atoms with Crippen LogP contribution in [0, 0.1) is 11.6 Å². The van der Waals surface area contributed by atoms with Crippen molar-refractivity contribution in [2.75, 3.05) is 31.1 Å².